The molecule has 0 amide bonds. The van der Waals surface area contributed by atoms with Crippen molar-refractivity contribution in [3.8, 4) is 0 Å². The van der Waals surface area contributed by atoms with Crippen LogP contribution in [-0.4, -0.2) is 73.4 Å². The Kier molecular flexibility index (Phi) is 21.0. The summed E-state index contributed by atoms with van der Waals surface area (Å²) in [5.74, 6) is 3.94. The topological polar surface area (TPSA) is 44.3 Å². The summed E-state index contributed by atoms with van der Waals surface area (Å²) in [4.78, 5) is 0. The maximum atomic E-state index is 10.5. The van der Waals surface area contributed by atoms with Gasteiger partial charge >= 0.3 is 0 Å². The maximum Gasteiger partial charge on any atom is 0.0576 e. The fourth-order valence-corrected chi connectivity index (χ4v) is 4.21. The molecule has 3 N–H and O–H groups in total. The monoisotopic (exact) mass is 396 g/mol. The highest BCUT2D eigenvalue weighted by Crippen LogP contribution is 2.21. The van der Waals surface area contributed by atoms with Crippen LogP contribution in [0.3, 0.4) is 0 Å². The Morgan fingerprint density at radius 1 is 0.708 bits per heavy atom. The fourth-order valence-electron chi connectivity index (χ4n) is 2.70. The molecule has 6 heteroatoms. The van der Waals surface area contributed by atoms with Crippen molar-refractivity contribution in [3.05, 3.63) is 0 Å². The van der Waals surface area contributed by atoms with Gasteiger partial charge in [0.05, 0.1) is 6.10 Å². The first kappa shape index (κ1) is 24.9. The van der Waals surface area contributed by atoms with Crippen LogP contribution in [0, 0.1) is 5.92 Å². The quantitative estimate of drug-likeness (QED) is 0.290. The van der Waals surface area contributed by atoms with E-state index in [1.165, 1.54) is 30.8 Å². The molecule has 0 saturated heterocycles. The van der Waals surface area contributed by atoms with Gasteiger partial charge in [0, 0.05) is 24.6 Å². The van der Waals surface area contributed by atoms with Crippen molar-refractivity contribution in [1.82, 2.24) is 10.6 Å². The van der Waals surface area contributed by atoms with E-state index in [0.717, 1.165) is 51.2 Å². The SMILES string of the molecule is CSCCNCCCCC(O)C(CCCCNCCSC)CSC. The molecule has 0 aromatic rings. The van der Waals surface area contributed by atoms with Crippen molar-refractivity contribution in [2.24, 2.45) is 5.92 Å². The zero-order chi connectivity index (χ0) is 17.9. The molecule has 0 saturated carbocycles. The van der Waals surface area contributed by atoms with Crippen molar-refractivity contribution in [1.29, 1.82) is 0 Å². The lowest BCUT2D eigenvalue weighted by Gasteiger charge is -2.22. The first-order chi connectivity index (χ1) is 11.8. The highest BCUT2D eigenvalue weighted by molar-refractivity contribution is 7.99. The average molecular weight is 397 g/mol. The van der Waals surface area contributed by atoms with Crippen LogP contribution in [0.5, 0.6) is 0 Å². The first-order valence-electron chi connectivity index (χ1n) is 9.32. The van der Waals surface area contributed by atoms with Gasteiger partial charge in [-0.2, -0.15) is 35.3 Å². The highest BCUT2D eigenvalue weighted by atomic mass is 32.2. The summed E-state index contributed by atoms with van der Waals surface area (Å²) in [6, 6.07) is 0. The largest absolute Gasteiger partial charge is 0.393 e. The summed E-state index contributed by atoms with van der Waals surface area (Å²) >= 11 is 5.65. The first-order valence-corrected chi connectivity index (χ1v) is 13.5. The van der Waals surface area contributed by atoms with E-state index in [9.17, 15) is 5.11 Å². The molecule has 146 valence electrons. The van der Waals surface area contributed by atoms with Crippen molar-refractivity contribution in [2.75, 3.05) is 62.2 Å². The van der Waals surface area contributed by atoms with Gasteiger partial charge in [0.15, 0.2) is 0 Å². The standard InChI is InChI=1S/C18H40N2OS3/c1-22-14-12-19-10-6-4-8-17(16-24-3)18(21)9-5-7-11-20-13-15-23-2/h17-21H,4-16H2,1-3H3. The molecule has 0 rings (SSSR count). The van der Waals surface area contributed by atoms with E-state index < -0.39 is 0 Å². The van der Waals surface area contributed by atoms with Gasteiger partial charge in [-0.05, 0) is 75.6 Å². The van der Waals surface area contributed by atoms with Crippen LogP contribution in [0.4, 0.5) is 0 Å². The predicted molar refractivity (Wildman–Crippen MR) is 118 cm³/mol. The number of rotatable bonds is 19. The van der Waals surface area contributed by atoms with Crippen LogP contribution in [0.15, 0.2) is 0 Å². The zero-order valence-electron chi connectivity index (χ0n) is 16.0. The van der Waals surface area contributed by atoms with Gasteiger partial charge in [0.2, 0.25) is 0 Å². The van der Waals surface area contributed by atoms with E-state index in [1.54, 1.807) is 0 Å². The van der Waals surface area contributed by atoms with Crippen molar-refractivity contribution in [3.63, 3.8) is 0 Å². The summed E-state index contributed by atoms with van der Waals surface area (Å²) in [6.07, 6.45) is 13.2. The third-order valence-corrected chi connectivity index (χ3v) is 6.16. The fraction of sp³-hybridized carbons (Fsp3) is 1.00. The normalized spacial score (nSPS) is 14.0. The molecular formula is C18H40N2OS3. The molecule has 0 aliphatic heterocycles. The number of thioether (sulfide) groups is 3. The van der Waals surface area contributed by atoms with Gasteiger partial charge in [-0.25, -0.2) is 0 Å². The Labute approximate surface area is 163 Å². The van der Waals surface area contributed by atoms with Crippen molar-refractivity contribution < 1.29 is 5.11 Å². The molecular weight excluding hydrogens is 356 g/mol. The number of aliphatic hydroxyl groups excluding tert-OH is 1. The highest BCUT2D eigenvalue weighted by Gasteiger charge is 2.17. The zero-order valence-corrected chi connectivity index (χ0v) is 18.5. The number of hydrogen-bond donors (Lipinski definition) is 3. The van der Waals surface area contributed by atoms with Crippen molar-refractivity contribution >= 4 is 35.3 Å². The second-order valence-electron chi connectivity index (χ2n) is 6.26. The molecule has 0 fully saturated rings. The Balaban J connectivity index is 3.67. The number of unbranched alkanes of at least 4 members (excludes halogenated alkanes) is 2. The van der Waals surface area contributed by atoms with Gasteiger partial charge in [0.25, 0.3) is 0 Å². The second-order valence-corrected chi connectivity index (χ2v) is 9.14. The van der Waals surface area contributed by atoms with E-state index in [4.69, 9.17) is 0 Å². The van der Waals surface area contributed by atoms with Crippen LogP contribution in [0.1, 0.15) is 38.5 Å². The van der Waals surface area contributed by atoms with Gasteiger partial charge < -0.3 is 15.7 Å². The lowest BCUT2D eigenvalue weighted by Crippen LogP contribution is -2.24. The molecule has 24 heavy (non-hydrogen) atoms. The third kappa shape index (κ3) is 16.4. The lowest BCUT2D eigenvalue weighted by atomic mass is 9.94. The van der Waals surface area contributed by atoms with Gasteiger partial charge in [-0.15, -0.1) is 0 Å². The molecule has 0 aliphatic rings. The van der Waals surface area contributed by atoms with E-state index in [-0.39, 0.29) is 6.10 Å². The molecule has 0 aromatic heterocycles. The summed E-state index contributed by atoms with van der Waals surface area (Å²) in [5.41, 5.74) is 0. The molecule has 0 spiro atoms. The molecule has 0 aromatic carbocycles. The van der Waals surface area contributed by atoms with Crippen LogP contribution in [0.25, 0.3) is 0 Å². The molecule has 0 bridgehead atoms. The van der Waals surface area contributed by atoms with Gasteiger partial charge in [0.1, 0.15) is 0 Å². The Bertz CT molecular complexity index is 248. The van der Waals surface area contributed by atoms with E-state index in [1.807, 2.05) is 35.3 Å². The smallest absolute Gasteiger partial charge is 0.0576 e. The Hall–Kier alpha value is 0.930. The average Bonchev–Trinajstić information content (AvgIpc) is 2.59. The van der Waals surface area contributed by atoms with Gasteiger partial charge in [-0.1, -0.05) is 6.42 Å². The summed E-state index contributed by atoms with van der Waals surface area (Å²) < 4.78 is 0. The van der Waals surface area contributed by atoms with Crippen LogP contribution < -0.4 is 10.6 Å². The van der Waals surface area contributed by atoms with Crippen molar-refractivity contribution in [2.45, 2.75) is 44.6 Å². The van der Waals surface area contributed by atoms with E-state index >= 15 is 0 Å². The molecule has 0 radical (unpaired) electrons. The lowest BCUT2D eigenvalue weighted by molar-refractivity contribution is 0.101. The summed E-state index contributed by atoms with van der Waals surface area (Å²) in [6.45, 7) is 4.42. The number of nitrogens with one attached hydrogen (secondary N) is 2. The summed E-state index contributed by atoms with van der Waals surface area (Å²) in [7, 11) is 0. The van der Waals surface area contributed by atoms with Crippen LogP contribution in [-0.2, 0) is 0 Å². The van der Waals surface area contributed by atoms with E-state index in [2.05, 4.69) is 29.4 Å². The van der Waals surface area contributed by atoms with E-state index in [0.29, 0.717) is 5.92 Å². The Morgan fingerprint density at radius 3 is 1.75 bits per heavy atom. The minimum Gasteiger partial charge on any atom is -0.393 e. The van der Waals surface area contributed by atoms with Gasteiger partial charge in [-0.3, -0.25) is 0 Å². The minimum absolute atomic E-state index is 0.118. The molecule has 2 atom stereocenters. The number of aliphatic hydroxyl groups is 1. The number of hydrogen-bond acceptors (Lipinski definition) is 6. The molecule has 0 aliphatic carbocycles. The van der Waals surface area contributed by atoms with Crippen LogP contribution in [0.2, 0.25) is 0 Å². The summed E-state index contributed by atoms with van der Waals surface area (Å²) in [5, 5.41) is 17.4. The minimum atomic E-state index is -0.118. The molecule has 3 nitrogen and oxygen atoms in total. The molecule has 0 heterocycles. The molecule has 2 unspecified atom stereocenters. The third-order valence-electron chi connectivity index (χ3n) is 4.17. The second kappa shape index (κ2) is 20.2. The predicted octanol–water partition coefficient (Wildman–Crippen LogP) is 3.57. The van der Waals surface area contributed by atoms with Crippen LogP contribution >= 0.6 is 35.3 Å². The Morgan fingerprint density at radius 2 is 1.25 bits per heavy atom. The maximum absolute atomic E-state index is 10.5.